The average molecular weight is 268 g/mol. The summed E-state index contributed by atoms with van der Waals surface area (Å²) < 4.78 is 35.7. The first kappa shape index (κ1) is 13.6. The van der Waals surface area contributed by atoms with Crippen LogP contribution in [0.3, 0.4) is 0 Å². The van der Waals surface area contributed by atoms with Crippen LogP contribution in [0.2, 0.25) is 5.02 Å². The summed E-state index contributed by atoms with van der Waals surface area (Å²) >= 11 is 5.64. The van der Waals surface area contributed by atoms with Gasteiger partial charge in [-0.2, -0.15) is 13.2 Å². The number of rotatable bonds is 3. The molecule has 8 heteroatoms. The van der Waals surface area contributed by atoms with Crippen molar-refractivity contribution in [3.63, 3.8) is 0 Å². The van der Waals surface area contributed by atoms with Crippen molar-refractivity contribution >= 4 is 23.2 Å². The van der Waals surface area contributed by atoms with E-state index < -0.39 is 18.6 Å². The predicted octanol–water partition coefficient (Wildman–Crippen LogP) is 1.92. The van der Waals surface area contributed by atoms with E-state index in [1.807, 2.05) is 0 Å². The van der Waals surface area contributed by atoms with E-state index in [-0.39, 0.29) is 16.3 Å². The van der Waals surface area contributed by atoms with Gasteiger partial charge in [0.25, 0.3) is 5.91 Å². The van der Waals surface area contributed by atoms with Gasteiger partial charge in [0.15, 0.2) is 0 Å². The van der Waals surface area contributed by atoms with E-state index >= 15 is 0 Å². The lowest BCUT2D eigenvalue weighted by atomic mass is 10.1. The van der Waals surface area contributed by atoms with Gasteiger partial charge in [0.05, 0.1) is 11.3 Å². The lowest BCUT2D eigenvalue weighted by Gasteiger charge is -2.11. The van der Waals surface area contributed by atoms with Crippen molar-refractivity contribution in [2.75, 3.05) is 12.0 Å². The van der Waals surface area contributed by atoms with Gasteiger partial charge in [-0.05, 0) is 18.2 Å². The summed E-state index contributed by atoms with van der Waals surface area (Å²) in [5, 5.41) is 1.95. The first-order valence-electron chi connectivity index (χ1n) is 4.44. The molecule has 4 nitrogen and oxygen atoms in total. The molecular weight excluding hydrogens is 259 g/mol. The Labute approximate surface area is 99.9 Å². The van der Waals surface area contributed by atoms with Gasteiger partial charge in [0, 0.05) is 5.02 Å². The van der Waals surface area contributed by atoms with Crippen LogP contribution in [0.4, 0.5) is 18.9 Å². The Morgan fingerprint density at radius 1 is 1.41 bits per heavy atom. The minimum Gasteiger partial charge on any atom is -0.343 e. The second kappa shape index (κ2) is 5.24. The van der Waals surface area contributed by atoms with Crippen LogP contribution in [0.25, 0.3) is 0 Å². The maximum absolute atomic E-state index is 11.9. The van der Waals surface area contributed by atoms with E-state index in [9.17, 15) is 18.0 Å². The lowest BCUT2D eigenvalue weighted by Crippen LogP contribution is -2.34. The smallest absolute Gasteiger partial charge is 0.343 e. The van der Waals surface area contributed by atoms with Crippen molar-refractivity contribution in [2.24, 2.45) is 5.84 Å². The molecule has 0 spiro atoms. The summed E-state index contributed by atoms with van der Waals surface area (Å²) in [4.78, 5) is 11.5. The van der Waals surface area contributed by atoms with Gasteiger partial charge in [-0.15, -0.1) is 0 Å². The number of hydrazine groups is 1. The number of halogens is 4. The maximum atomic E-state index is 11.9. The molecule has 0 saturated carbocycles. The van der Waals surface area contributed by atoms with Crippen LogP contribution < -0.4 is 16.6 Å². The van der Waals surface area contributed by atoms with Gasteiger partial charge in [-0.25, -0.2) is 0 Å². The Balaban J connectivity index is 2.84. The number of anilines is 1. The molecule has 1 aromatic carbocycles. The Morgan fingerprint density at radius 3 is 2.59 bits per heavy atom. The third-order valence-corrected chi connectivity index (χ3v) is 2.07. The van der Waals surface area contributed by atoms with Gasteiger partial charge >= 0.3 is 6.18 Å². The van der Waals surface area contributed by atoms with E-state index in [2.05, 4.69) is 5.43 Å². The van der Waals surface area contributed by atoms with Gasteiger partial charge in [-0.3, -0.25) is 10.6 Å². The topological polar surface area (TPSA) is 67.1 Å². The van der Waals surface area contributed by atoms with E-state index in [1.165, 1.54) is 18.2 Å². The zero-order valence-electron chi connectivity index (χ0n) is 8.44. The number of carbonyl (C=O) groups excluding carboxylic acids is 1. The summed E-state index contributed by atoms with van der Waals surface area (Å²) in [5.41, 5.74) is 2.34. The summed E-state index contributed by atoms with van der Waals surface area (Å²) in [6.07, 6.45) is -4.47. The normalized spacial score (nSPS) is 11.1. The highest BCUT2D eigenvalue weighted by molar-refractivity contribution is 6.31. The number of hydrogen-bond donors (Lipinski definition) is 3. The number of hydrogen-bond acceptors (Lipinski definition) is 3. The number of nitrogens with two attached hydrogens (primary N) is 1. The Morgan fingerprint density at radius 2 is 2.06 bits per heavy atom. The third-order valence-electron chi connectivity index (χ3n) is 1.83. The van der Waals surface area contributed by atoms with Gasteiger partial charge in [0.2, 0.25) is 0 Å². The second-order valence-electron chi connectivity index (χ2n) is 3.13. The zero-order valence-corrected chi connectivity index (χ0v) is 9.19. The monoisotopic (exact) mass is 267 g/mol. The number of carbonyl (C=O) groups is 1. The maximum Gasteiger partial charge on any atom is 0.405 e. The number of amides is 1. The molecule has 0 aromatic heterocycles. The fourth-order valence-electron chi connectivity index (χ4n) is 1.11. The molecule has 0 aliphatic carbocycles. The van der Waals surface area contributed by atoms with Crippen molar-refractivity contribution in [2.45, 2.75) is 6.18 Å². The molecule has 0 bridgehead atoms. The Bertz CT molecular complexity index is 422. The lowest BCUT2D eigenvalue weighted by molar-refractivity contribution is -0.123. The molecule has 0 fully saturated rings. The van der Waals surface area contributed by atoms with E-state index in [0.29, 0.717) is 0 Å². The second-order valence-corrected chi connectivity index (χ2v) is 3.57. The van der Waals surface area contributed by atoms with Crippen LogP contribution in [0.5, 0.6) is 0 Å². The van der Waals surface area contributed by atoms with Crippen molar-refractivity contribution in [1.82, 2.24) is 5.32 Å². The van der Waals surface area contributed by atoms with Crippen LogP contribution in [-0.2, 0) is 0 Å². The summed E-state index contributed by atoms with van der Waals surface area (Å²) in [6.45, 7) is -1.41. The zero-order chi connectivity index (χ0) is 13.1. The van der Waals surface area contributed by atoms with E-state index in [0.717, 1.165) is 0 Å². The summed E-state index contributed by atoms with van der Waals surface area (Å²) in [7, 11) is 0. The van der Waals surface area contributed by atoms with Crippen molar-refractivity contribution in [3.05, 3.63) is 28.8 Å². The molecule has 0 radical (unpaired) electrons. The first-order valence-corrected chi connectivity index (χ1v) is 4.82. The average Bonchev–Trinajstić information content (AvgIpc) is 2.25. The molecule has 0 aliphatic heterocycles. The molecule has 1 amide bonds. The van der Waals surface area contributed by atoms with Crippen molar-refractivity contribution in [3.8, 4) is 0 Å². The van der Waals surface area contributed by atoms with Gasteiger partial charge < -0.3 is 10.7 Å². The van der Waals surface area contributed by atoms with Crippen LogP contribution in [-0.4, -0.2) is 18.6 Å². The molecule has 0 saturated heterocycles. The quantitative estimate of drug-likeness (QED) is 0.579. The molecule has 0 unspecified atom stereocenters. The largest absolute Gasteiger partial charge is 0.405 e. The number of nitrogen functional groups attached to an aromatic ring is 1. The predicted molar refractivity (Wildman–Crippen MR) is 57.7 cm³/mol. The molecule has 0 heterocycles. The van der Waals surface area contributed by atoms with Gasteiger partial charge in [0.1, 0.15) is 6.54 Å². The molecular formula is C9H9ClF3N3O. The van der Waals surface area contributed by atoms with E-state index in [1.54, 1.807) is 5.32 Å². The standard InChI is InChI=1S/C9H9ClF3N3O/c10-5-1-2-7(16-14)6(3-5)8(17)15-4-9(11,12)13/h1-3,16H,4,14H2,(H,15,17). The molecule has 94 valence electrons. The van der Waals surface area contributed by atoms with Gasteiger partial charge in [-0.1, -0.05) is 11.6 Å². The highest BCUT2D eigenvalue weighted by Gasteiger charge is 2.28. The molecule has 0 atom stereocenters. The van der Waals surface area contributed by atoms with Crippen molar-refractivity contribution in [1.29, 1.82) is 0 Å². The van der Waals surface area contributed by atoms with Crippen LogP contribution in [0.15, 0.2) is 18.2 Å². The van der Waals surface area contributed by atoms with E-state index in [4.69, 9.17) is 17.4 Å². The highest BCUT2D eigenvalue weighted by atomic mass is 35.5. The van der Waals surface area contributed by atoms with Crippen LogP contribution in [0, 0.1) is 0 Å². The minimum absolute atomic E-state index is 0.0516. The van der Waals surface area contributed by atoms with Crippen molar-refractivity contribution < 1.29 is 18.0 Å². The Hall–Kier alpha value is -1.47. The molecule has 0 aliphatic rings. The number of alkyl halides is 3. The Kier molecular flexibility index (Phi) is 4.19. The summed E-state index contributed by atoms with van der Waals surface area (Å²) in [5.74, 6) is 4.22. The molecule has 17 heavy (non-hydrogen) atoms. The first-order chi connectivity index (χ1) is 7.83. The number of benzene rings is 1. The molecule has 1 rings (SSSR count). The third kappa shape index (κ3) is 4.12. The SMILES string of the molecule is NNc1ccc(Cl)cc1C(=O)NCC(F)(F)F. The fourth-order valence-corrected chi connectivity index (χ4v) is 1.28. The molecule has 1 aromatic rings. The van der Waals surface area contributed by atoms with Crippen LogP contribution in [0.1, 0.15) is 10.4 Å². The summed E-state index contributed by atoms with van der Waals surface area (Å²) in [6, 6.07) is 4.07. The number of nitrogens with one attached hydrogen (secondary N) is 2. The molecule has 4 N–H and O–H groups in total. The minimum atomic E-state index is -4.47. The fraction of sp³-hybridized carbons (Fsp3) is 0.222. The van der Waals surface area contributed by atoms with Crippen LogP contribution >= 0.6 is 11.6 Å². The highest BCUT2D eigenvalue weighted by Crippen LogP contribution is 2.20.